The Hall–Kier alpha value is -2.64. The molecule has 0 amide bonds. The van der Waals surface area contributed by atoms with Gasteiger partial charge in [0.2, 0.25) is 5.69 Å². The summed E-state index contributed by atoms with van der Waals surface area (Å²) in [5.74, 6) is 0.490. The maximum atomic E-state index is 9.20. The fraction of sp³-hybridized carbons (Fsp3) is 0.357. The Balaban J connectivity index is 2.36. The molecule has 7 nitrogen and oxygen atoms in total. The molecule has 0 fully saturated rings. The number of nitriles is 1. The summed E-state index contributed by atoms with van der Waals surface area (Å²) >= 11 is 6.10. The molecule has 0 aromatic carbocycles. The number of aromatic nitrogens is 4. The van der Waals surface area contributed by atoms with Gasteiger partial charge in [0.05, 0.1) is 12.1 Å². The van der Waals surface area contributed by atoms with Crippen molar-refractivity contribution in [3.63, 3.8) is 0 Å². The highest BCUT2D eigenvalue weighted by Gasteiger charge is 2.20. The fourth-order valence-corrected chi connectivity index (χ4v) is 2.37. The fourth-order valence-electron chi connectivity index (χ4n) is 2.13. The Bertz CT molecular complexity index is 740. The van der Waals surface area contributed by atoms with Crippen molar-refractivity contribution in [2.45, 2.75) is 19.9 Å². The van der Waals surface area contributed by atoms with E-state index in [2.05, 4.69) is 20.0 Å². The summed E-state index contributed by atoms with van der Waals surface area (Å²) in [6.45, 7) is 10.6. The molecule has 0 saturated carbocycles. The minimum Gasteiger partial charge on any atom is -0.366 e. The molecule has 0 N–H and O–H groups in total. The third-order valence-electron chi connectivity index (χ3n) is 3.31. The van der Waals surface area contributed by atoms with Gasteiger partial charge in [-0.2, -0.15) is 5.26 Å². The second-order valence-electron chi connectivity index (χ2n) is 4.63. The van der Waals surface area contributed by atoms with E-state index in [4.69, 9.17) is 18.2 Å². The first kappa shape index (κ1) is 15.7. The van der Waals surface area contributed by atoms with E-state index in [9.17, 15) is 5.26 Å². The number of halogens is 1. The van der Waals surface area contributed by atoms with Gasteiger partial charge < -0.3 is 9.47 Å². The molecule has 112 valence electrons. The lowest BCUT2D eigenvalue weighted by Gasteiger charge is -2.21. The highest BCUT2D eigenvalue weighted by molar-refractivity contribution is 6.31. The van der Waals surface area contributed by atoms with Crippen LogP contribution in [0.4, 0.5) is 11.5 Å². The van der Waals surface area contributed by atoms with Gasteiger partial charge in [-0.15, -0.1) is 10.2 Å². The maximum Gasteiger partial charge on any atom is 0.232 e. The van der Waals surface area contributed by atoms with Crippen molar-refractivity contribution in [2.24, 2.45) is 0 Å². The van der Waals surface area contributed by atoms with Crippen molar-refractivity contribution in [3.8, 4) is 6.07 Å². The second-order valence-corrected chi connectivity index (χ2v) is 4.98. The van der Waals surface area contributed by atoms with E-state index in [0.717, 1.165) is 0 Å². The van der Waals surface area contributed by atoms with E-state index in [1.807, 2.05) is 29.5 Å². The Morgan fingerprint density at radius 2 is 2.14 bits per heavy atom. The lowest BCUT2D eigenvalue weighted by Crippen LogP contribution is -2.24. The van der Waals surface area contributed by atoms with Crippen molar-refractivity contribution < 1.29 is 0 Å². The summed E-state index contributed by atoms with van der Waals surface area (Å²) in [7, 11) is 1.84. The molecule has 0 saturated heterocycles. The van der Waals surface area contributed by atoms with E-state index in [-0.39, 0.29) is 10.7 Å². The molecular formula is C14H14ClN7. The minimum atomic E-state index is 0.137. The summed E-state index contributed by atoms with van der Waals surface area (Å²) in [5, 5.41) is 16.8. The molecule has 2 aromatic rings. The highest BCUT2D eigenvalue weighted by atomic mass is 35.5. The SMILES string of the molecule is [C-]#[N+]c1c(N(C)CCn2cnnc2)nc(Cl)c(C#N)c1CC. The molecule has 0 bridgehead atoms. The monoisotopic (exact) mass is 315 g/mol. The summed E-state index contributed by atoms with van der Waals surface area (Å²) < 4.78 is 1.83. The lowest BCUT2D eigenvalue weighted by molar-refractivity contribution is 0.678. The lowest BCUT2D eigenvalue weighted by atomic mass is 10.1. The molecule has 2 aromatic heterocycles. The largest absolute Gasteiger partial charge is 0.366 e. The Morgan fingerprint density at radius 1 is 1.45 bits per heavy atom. The average molecular weight is 316 g/mol. The molecule has 2 rings (SSSR count). The van der Waals surface area contributed by atoms with Crippen LogP contribution in [-0.4, -0.2) is 33.3 Å². The molecule has 8 heteroatoms. The van der Waals surface area contributed by atoms with Gasteiger partial charge in [-0.3, -0.25) is 0 Å². The zero-order valence-electron chi connectivity index (χ0n) is 12.3. The predicted molar refractivity (Wildman–Crippen MR) is 82.9 cm³/mol. The van der Waals surface area contributed by atoms with Gasteiger partial charge in [0.25, 0.3) is 0 Å². The van der Waals surface area contributed by atoms with Crippen molar-refractivity contribution in [1.82, 2.24) is 19.7 Å². The number of hydrogen-bond acceptors (Lipinski definition) is 5. The molecule has 0 spiro atoms. The van der Waals surface area contributed by atoms with E-state index in [0.29, 0.717) is 36.6 Å². The Morgan fingerprint density at radius 3 is 2.68 bits per heavy atom. The van der Waals surface area contributed by atoms with Crippen LogP contribution in [0.1, 0.15) is 18.1 Å². The first-order valence-electron chi connectivity index (χ1n) is 6.65. The van der Waals surface area contributed by atoms with Crippen LogP contribution >= 0.6 is 11.6 Å². The first-order valence-corrected chi connectivity index (χ1v) is 7.03. The third kappa shape index (κ3) is 3.00. The van der Waals surface area contributed by atoms with Crippen molar-refractivity contribution in [1.29, 1.82) is 5.26 Å². The number of likely N-dealkylation sites (N-methyl/N-ethyl adjacent to an activating group) is 1. The third-order valence-corrected chi connectivity index (χ3v) is 3.58. The van der Waals surface area contributed by atoms with Gasteiger partial charge >= 0.3 is 0 Å². The van der Waals surface area contributed by atoms with Crippen LogP contribution < -0.4 is 4.90 Å². The van der Waals surface area contributed by atoms with Gasteiger partial charge in [-0.25, -0.2) is 9.83 Å². The summed E-state index contributed by atoms with van der Waals surface area (Å²) in [4.78, 5) is 9.65. The summed E-state index contributed by atoms with van der Waals surface area (Å²) in [6, 6.07) is 2.03. The molecule has 0 aliphatic carbocycles. The van der Waals surface area contributed by atoms with E-state index in [1.165, 1.54) is 0 Å². The summed E-state index contributed by atoms with van der Waals surface area (Å²) in [6.07, 6.45) is 3.80. The molecule has 0 aliphatic heterocycles. The van der Waals surface area contributed by atoms with Crippen LogP contribution in [0, 0.1) is 17.9 Å². The zero-order valence-corrected chi connectivity index (χ0v) is 13.0. The smallest absolute Gasteiger partial charge is 0.232 e. The number of rotatable bonds is 5. The van der Waals surface area contributed by atoms with Gasteiger partial charge in [-0.1, -0.05) is 18.5 Å². The molecule has 0 aliphatic rings. The van der Waals surface area contributed by atoms with Gasteiger partial charge in [-0.05, 0) is 12.0 Å². The van der Waals surface area contributed by atoms with Gasteiger partial charge in [0.15, 0.2) is 0 Å². The van der Waals surface area contributed by atoms with E-state index in [1.54, 1.807) is 12.7 Å². The topological polar surface area (TPSA) is 75.0 Å². The summed E-state index contributed by atoms with van der Waals surface area (Å²) in [5.41, 5.74) is 1.31. The van der Waals surface area contributed by atoms with E-state index < -0.39 is 0 Å². The van der Waals surface area contributed by atoms with Crippen LogP contribution in [-0.2, 0) is 13.0 Å². The number of hydrogen-bond donors (Lipinski definition) is 0. The van der Waals surface area contributed by atoms with Crippen molar-refractivity contribution in [3.05, 3.63) is 40.4 Å². The van der Waals surface area contributed by atoms with Crippen molar-refractivity contribution >= 4 is 23.1 Å². The van der Waals surface area contributed by atoms with Crippen LogP contribution in [0.25, 0.3) is 4.85 Å². The van der Waals surface area contributed by atoms with Crippen molar-refractivity contribution in [2.75, 3.05) is 18.5 Å². The normalized spacial score (nSPS) is 10.0. The molecule has 22 heavy (non-hydrogen) atoms. The van der Waals surface area contributed by atoms with Gasteiger partial charge in [0.1, 0.15) is 29.7 Å². The standard InChI is InChI=1S/C14H14ClN7/c1-4-10-11(7-16)13(15)20-14(12(10)17-2)21(3)5-6-22-8-18-19-9-22/h8-9H,4-6H2,1,3H3. The molecule has 0 atom stereocenters. The maximum absolute atomic E-state index is 9.20. The second kappa shape index (κ2) is 6.88. The minimum absolute atomic E-state index is 0.137. The average Bonchev–Trinajstić information content (AvgIpc) is 3.04. The zero-order chi connectivity index (χ0) is 16.1. The van der Waals surface area contributed by atoms with Gasteiger partial charge in [0, 0.05) is 20.1 Å². The quantitative estimate of drug-likeness (QED) is 0.626. The Kier molecular flexibility index (Phi) is 4.92. The molecule has 0 unspecified atom stereocenters. The molecular weight excluding hydrogens is 302 g/mol. The van der Waals surface area contributed by atoms with Crippen LogP contribution in [0.5, 0.6) is 0 Å². The number of anilines is 1. The van der Waals surface area contributed by atoms with Crippen LogP contribution in [0.3, 0.4) is 0 Å². The highest BCUT2D eigenvalue weighted by Crippen LogP contribution is 2.35. The van der Waals surface area contributed by atoms with E-state index >= 15 is 0 Å². The predicted octanol–water partition coefficient (Wildman–Crippen LogP) is 2.45. The van der Waals surface area contributed by atoms with Crippen LogP contribution in [0.2, 0.25) is 5.15 Å². The first-order chi connectivity index (χ1) is 10.6. The molecule has 0 radical (unpaired) electrons. The number of pyridine rings is 1. The Labute approximate surface area is 133 Å². The van der Waals surface area contributed by atoms with Crippen LogP contribution in [0.15, 0.2) is 12.7 Å². The number of nitrogens with zero attached hydrogens (tertiary/aromatic N) is 7. The molecule has 2 heterocycles.